The molecule has 0 unspecified atom stereocenters. The molecule has 3 aromatic carbocycles. The molecule has 3 rings (SSSR count). The molecule has 25 heavy (non-hydrogen) atoms. The molecule has 1 N–H and O–H groups in total. The number of nitrogens with zero attached hydrogens (tertiary/aromatic N) is 3. The Bertz CT molecular complexity index is 864. The number of anilines is 1. The van der Waals surface area contributed by atoms with E-state index in [1.807, 2.05) is 85.8 Å². The Labute approximate surface area is 148 Å². The summed E-state index contributed by atoms with van der Waals surface area (Å²) < 4.78 is 0. The molecule has 0 aliphatic heterocycles. The third-order valence-electron chi connectivity index (χ3n) is 3.67. The first-order valence-corrected chi connectivity index (χ1v) is 8.15. The zero-order valence-electron chi connectivity index (χ0n) is 14.3. The zero-order chi connectivity index (χ0) is 17.5. The molecule has 4 heteroatoms. The quantitative estimate of drug-likeness (QED) is 0.277. The van der Waals surface area contributed by atoms with Crippen LogP contribution in [0, 0.1) is 13.8 Å². The predicted octanol–water partition coefficient (Wildman–Crippen LogP) is 5.86. The second-order valence-corrected chi connectivity index (χ2v) is 5.81. The fourth-order valence-corrected chi connectivity index (χ4v) is 2.19. The van der Waals surface area contributed by atoms with E-state index in [9.17, 15) is 0 Å². The number of hydrazone groups is 1. The number of hydrogen-bond acceptors (Lipinski definition) is 3. The van der Waals surface area contributed by atoms with Gasteiger partial charge in [-0.15, -0.1) is 10.2 Å². The van der Waals surface area contributed by atoms with Gasteiger partial charge in [-0.3, -0.25) is 5.43 Å². The summed E-state index contributed by atoms with van der Waals surface area (Å²) in [7, 11) is 0. The van der Waals surface area contributed by atoms with Crippen LogP contribution in [-0.4, -0.2) is 5.84 Å². The van der Waals surface area contributed by atoms with Crippen LogP contribution in [0.4, 0.5) is 11.4 Å². The standard InChI is InChI=1S/C21H20N4/c1-16-8-12-19(13-9-16)22-24-21(18-6-4-3-5-7-18)25-23-20-14-10-17(2)11-15-20/h3-15,22H,1-2H3/b24-21+,25-23?. The average Bonchev–Trinajstić information content (AvgIpc) is 2.65. The van der Waals surface area contributed by atoms with Crippen molar-refractivity contribution in [2.45, 2.75) is 13.8 Å². The number of azo groups is 1. The van der Waals surface area contributed by atoms with E-state index in [1.54, 1.807) is 0 Å². The van der Waals surface area contributed by atoms with Crippen molar-refractivity contribution in [3.63, 3.8) is 0 Å². The van der Waals surface area contributed by atoms with Crippen LogP contribution in [0.5, 0.6) is 0 Å². The minimum atomic E-state index is 0.529. The Balaban J connectivity index is 1.85. The monoisotopic (exact) mass is 328 g/mol. The van der Waals surface area contributed by atoms with Crippen LogP contribution < -0.4 is 5.43 Å². The van der Waals surface area contributed by atoms with Gasteiger partial charge in [0.2, 0.25) is 5.84 Å². The van der Waals surface area contributed by atoms with Gasteiger partial charge in [-0.25, -0.2) is 0 Å². The van der Waals surface area contributed by atoms with Crippen LogP contribution in [-0.2, 0) is 0 Å². The van der Waals surface area contributed by atoms with E-state index in [0.29, 0.717) is 5.84 Å². The van der Waals surface area contributed by atoms with Crippen molar-refractivity contribution in [2.75, 3.05) is 5.43 Å². The molecular formula is C21H20N4. The zero-order valence-corrected chi connectivity index (χ0v) is 14.3. The van der Waals surface area contributed by atoms with E-state index >= 15 is 0 Å². The van der Waals surface area contributed by atoms with Gasteiger partial charge in [-0.2, -0.15) is 5.10 Å². The molecule has 0 spiro atoms. The minimum absolute atomic E-state index is 0.529. The molecule has 0 saturated carbocycles. The number of rotatable bonds is 4. The first-order valence-electron chi connectivity index (χ1n) is 8.15. The second kappa shape index (κ2) is 8.02. The van der Waals surface area contributed by atoms with Gasteiger partial charge in [0.1, 0.15) is 0 Å². The molecule has 0 saturated heterocycles. The molecule has 0 fully saturated rings. The van der Waals surface area contributed by atoms with Crippen molar-refractivity contribution in [2.24, 2.45) is 15.3 Å². The Morgan fingerprint density at radius 3 is 1.96 bits per heavy atom. The van der Waals surface area contributed by atoms with Crippen LogP contribution in [0.1, 0.15) is 16.7 Å². The molecule has 0 heterocycles. The lowest BCUT2D eigenvalue weighted by Crippen LogP contribution is -2.01. The van der Waals surface area contributed by atoms with Crippen LogP contribution in [0.25, 0.3) is 0 Å². The molecule has 0 bridgehead atoms. The van der Waals surface area contributed by atoms with Crippen molar-refractivity contribution >= 4 is 17.2 Å². The molecule has 0 amide bonds. The first-order chi connectivity index (χ1) is 12.2. The smallest absolute Gasteiger partial charge is 0.201 e. The van der Waals surface area contributed by atoms with Crippen molar-refractivity contribution < 1.29 is 0 Å². The predicted molar refractivity (Wildman–Crippen MR) is 103 cm³/mol. The maximum Gasteiger partial charge on any atom is 0.201 e. The number of hydrogen-bond donors (Lipinski definition) is 1. The summed E-state index contributed by atoms with van der Waals surface area (Å²) in [5.74, 6) is 0.529. The first kappa shape index (κ1) is 16.6. The van der Waals surface area contributed by atoms with Crippen LogP contribution >= 0.6 is 0 Å². The Morgan fingerprint density at radius 1 is 0.720 bits per heavy atom. The summed E-state index contributed by atoms with van der Waals surface area (Å²) in [5.41, 5.74) is 8.05. The fraction of sp³-hybridized carbons (Fsp3) is 0.0952. The second-order valence-electron chi connectivity index (χ2n) is 5.81. The maximum absolute atomic E-state index is 4.43. The number of nitrogens with one attached hydrogen (secondary N) is 1. The summed E-state index contributed by atoms with van der Waals surface area (Å²) in [6, 6.07) is 25.7. The SMILES string of the molecule is Cc1ccc(N=N/C(=N/Nc2ccc(C)cc2)c2ccccc2)cc1. The van der Waals surface area contributed by atoms with E-state index in [1.165, 1.54) is 11.1 Å². The molecule has 0 aromatic heterocycles. The summed E-state index contributed by atoms with van der Waals surface area (Å²) in [6.45, 7) is 4.10. The Hall–Kier alpha value is -3.27. The van der Waals surface area contributed by atoms with Gasteiger partial charge in [0.05, 0.1) is 11.4 Å². The van der Waals surface area contributed by atoms with E-state index < -0.39 is 0 Å². The number of benzene rings is 3. The largest absolute Gasteiger partial charge is 0.276 e. The third kappa shape index (κ3) is 4.85. The molecule has 124 valence electrons. The lowest BCUT2D eigenvalue weighted by molar-refractivity contribution is 1.22. The van der Waals surface area contributed by atoms with Gasteiger partial charge < -0.3 is 0 Å². The summed E-state index contributed by atoms with van der Waals surface area (Å²) in [6.07, 6.45) is 0. The maximum atomic E-state index is 4.43. The molecule has 0 radical (unpaired) electrons. The summed E-state index contributed by atoms with van der Waals surface area (Å²) >= 11 is 0. The summed E-state index contributed by atoms with van der Waals surface area (Å²) in [4.78, 5) is 0. The highest BCUT2D eigenvalue weighted by Gasteiger charge is 2.02. The van der Waals surface area contributed by atoms with Crippen LogP contribution in [0.2, 0.25) is 0 Å². The Morgan fingerprint density at radius 2 is 1.32 bits per heavy atom. The highest BCUT2D eigenvalue weighted by molar-refractivity contribution is 5.99. The topological polar surface area (TPSA) is 49.1 Å². The van der Waals surface area contributed by atoms with Gasteiger partial charge >= 0.3 is 0 Å². The number of aryl methyl sites for hydroxylation is 2. The van der Waals surface area contributed by atoms with Crippen LogP contribution in [0.3, 0.4) is 0 Å². The van der Waals surface area contributed by atoms with Crippen molar-refractivity contribution in [1.82, 2.24) is 0 Å². The van der Waals surface area contributed by atoms with Crippen molar-refractivity contribution in [3.05, 3.63) is 95.6 Å². The third-order valence-corrected chi connectivity index (χ3v) is 3.67. The average molecular weight is 328 g/mol. The van der Waals surface area contributed by atoms with Crippen molar-refractivity contribution in [1.29, 1.82) is 0 Å². The van der Waals surface area contributed by atoms with Gasteiger partial charge in [-0.1, -0.05) is 65.7 Å². The lowest BCUT2D eigenvalue weighted by Gasteiger charge is -2.04. The van der Waals surface area contributed by atoms with Crippen molar-refractivity contribution in [3.8, 4) is 0 Å². The van der Waals surface area contributed by atoms with Gasteiger partial charge in [0, 0.05) is 5.56 Å². The molecule has 3 aromatic rings. The normalized spacial score (nSPS) is 11.7. The molecule has 0 aliphatic rings. The van der Waals surface area contributed by atoms with E-state index in [4.69, 9.17) is 0 Å². The van der Waals surface area contributed by atoms with E-state index in [0.717, 1.165) is 16.9 Å². The van der Waals surface area contributed by atoms with Gasteiger partial charge in [-0.05, 0) is 38.1 Å². The highest BCUT2D eigenvalue weighted by Crippen LogP contribution is 2.15. The highest BCUT2D eigenvalue weighted by atomic mass is 15.3. The fourth-order valence-electron chi connectivity index (χ4n) is 2.19. The van der Waals surface area contributed by atoms with Crippen LogP contribution in [0.15, 0.2) is 94.2 Å². The Kier molecular flexibility index (Phi) is 5.32. The molecule has 4 nitrogen and oxygen atoms in total. The van der Waals surface area contributed by atoms with Gasteiger partial charge in [0.25, 0.3) is 0 Å². The lowest BCUT2D eigenvalue weighted by atomic mass is 10.2. The van der Waals surface area contributed by atoms with E-state index in [2.05, 4.69) is 27.7 Å². The number of amidine groups is 1. The van der Waals surface area contributed by atoms with Gasteiger partial charge in [0.15, 0.2) is 0 Å². The minimum Gasteiger partial charge on any atom is -0.276 e. The molecule has 0 atom stereocenters. The molecular weight excluding hydrogens is 308 g/mol. The summed E-state index contributed by atoms with van der Waals surface area (Å²) in [5, 5.41) is 13.1. The van der Waals surface area contributed by atoms with E-state index in [-0.39, 0.29) is 0 Å². The molecule has 0 aliphatic carbocycles.